The van der Waals surface area contributed by atoms with Gasteiger partial charge in [-0.15, -0.1) is 0 Å². The molecule has 2 heterocycles. The van der Waals surface area contributed by atoms with Gasteiger partial charge in [0, 0.05) is 25.6 Å². The molecule has 1 atom stereocenters. The van der Waals surface area contributed by atoms with Crippen molar-refractivity contribution in [1.29, 1.82) is 0 Å². The van der Waals surface area contributed by atoms with Crippen LogP contribution in [0.25, 0.3) is 0 Å². The Morgan fingerprint density at radius 3 is 2.59 bits per heavy atom. The Hall–Kier alpha value is -1.35. The first-order valence-electron chi connectivity index (χ1n) is 8.89. The van der Waals surface area contributed by atoms with Gasteiger partial charge in [0.25, 0.3) is 0 Å². The molecule has 0 unspecified atom stereocenters. The Balaban J connectivity index is 1.44. The third-order valence-electron chi connectivity index (χ3n) is 5.06. The van der Waals surface area contributed by atoms with Crippen molar-refractivity contribution in [3.05, 3.63) is 35.9 Å². The van der Waals surface area contributed by atoms with E-state index in [0.717, 1.165) is 25.9 Å². The van der Waals surface area contributed by atoms with Gasteiger partial charge in [-0.05, 0) is 57.2 Å². The fourth-order valence-electron chi connectivity index (χ4n) is 3.85. The number of nitrogens with zero attached hydrogens (tertiary/aromatic N) is 2. The number of likely N-dealkylation sites (tertiary alicyclic amines) is 2. The minimum atomic E-state index is 0.373. The molecule has 2 aliphatic rings. The molecule has 1 aromatic carbocycles. The molecule has 3 nitrogen and oxygen atoms in total. The second kappa shape index (κ2) is 7.77. The van der Waals surface area contributed by atoms with Crippen LogP contribution in [0.2, 0.25) is 0 Å². The maximum Gasteiger partial charge on any atom is 0.222 e. The van der Waals surface area contributed by atoms with Crippen molar-refractivity contribution in [3.63, 3.8) is 0 Å². The number of rotatable bonds is 6. The largest absolute Gasteiger partial charge is 0.338 e. The molecule has 0 bridgehead atoms. The number of hydrogen-bond acceptors (Lipinski definition) is 2. The lowest BCUT2D eigenvalue weighted by Gasteiger charge is -2.28. The molecule has 0 N–H and O–H groups in total. The summed E-state index contributed by atoms with van der Waals surface area (Å²) in [6.45, 7) is 4.53. The zero-order chi connectivity index (χ0) is 15.2. The third kappa shape index (κ3) is 4.10. The molecule has 3 rings (SSSR count). The van der Waals surface area contributed by atoms with Crippen molar-refractivity contribution in [1.82, 2.24) is 9.80 Å². The van der Waals surface area contributed by atoms with E-state index >= 15 is 0 Å². The average Bonchev–Trinajstić information content (AvgIpc) is 3.20. The van der Waals surface area contributed by atoms with E-state index in [4.69, 9.17) is 0 Å². The van der Waals surface area contributed by atoms with Crippen molar-refractivity contribution in [3.8, 4) is 0 Å². The summed E-state index contributed by atoms with van der Waals surface area (Å²) in [5.41, 5.74) is 1.34. The number of amides is 1. The van der Waals surface area contributed by atoms with Crippen molar-refractivity contribution < 1.29 is 4.79 Å². The van der Waals surface area contributed by atoms with Gasteiger partial charge in [-0.3, -0.25) is 4.79 Å². The summed E-state index contributed by atoms with van der Waals surface area (Å²) in [4.78, 5) is 17.2. The smallest absolute Gasteiger partial charge is 0.222 e. The minimum absolute atomic E-state index is 0.373. The zero-order valence-electron chi connectivity index (χ0n) is 13.5. The molecule has 2 fully saturated rings. The van der Waals surface area contributed by atoms with E-state index in [2.05, 4.69) is 34.1 Å². The molecule has 2 aliphatic heterocycles. The normalized spacial score (nSPS) is 22.4. The molecule has 0 saturated carbocycles. The number of benzene rings is 1. The molecule has 2 saturated heterocycles. The topological polar surface area (TPSA) is 23.6 Å². The molecule has 0 aromatic heterocycles. The molecule has 0 spiro atoms. The summed E-state index contributed by atoms with van der Waals surface area (Å²) in [6.07, 6.45) is 7.72. The Kier molecular flexibility index (Phi) is 5.49. The van der Waals surface area contributed by atoms with Gasteiger partial charge >= 0.3 is 0 Å². The van der Waals surface area contributed by atoms with Gasteiger partial charge in [-0.25, -0.2) is 0 Å². The van der Waals surface area contributed by atoms with Crippen molar-refractivity contribution in [2.45, 2.75) is 51.0 Å². The Morgan fingerprint density at radius 2 is 1.82 bits per heavy atom. The summed E-state index contributed by atoms with van der Waals surface area (Å²) in [6, 6.07) is 11.0. The van der Waals surface area contributed by atoms with E-state index in [-0.39, 0.29) is 0 Å². The van der Waals surface area contributed by atoms with Gasteiger partial charge < -0.3 is 9.80 Å². The van der Waals surface area contributed by atoms with E-state index in [9.17, 15) is 4.79 Å². The summed E-state index contributed by atoms with van der Waals surface area (Å²) < 4.78 is 0. The van der Waals surface area contributed by atoms with Crippen LogP contribution in [-0.4, -0.2) is 47.9 Å². The number of carbonyl (C=O) groups is 1. The number of hydrogen-bond donors (Lipinski definition) is 0. The van der Waals surface area contributed by atoms with Gasteiger partial charge in [0.1, 0.15) is 0 Å². The van der Waals surface area contributed by atoms with E-state index < -0.39 is 0 Å². The molecule has 22 heavy (non-hydrogen) atoms. The molecule has 1 amide bonds. The highest BCUT2D eigenvalue weighted by molar-refractivity contribution is 5.76. The molecule has 1 aromatic rings. The molecule has 0 radical (unpaired) electrons. The molecular formula is C19H28N2O. The SMILES string of the molecule is O=C(CCCc1ccccc1)N1CCC[C@@H]1CN1CCCC1. The Bertz CT molecular complexity index is 468. The van der Waals surface area contributed by atoms with Crippen molar-refractivity contribution >= 4 is 5.91 Å². The highest BCUT2D eigenvalue weighted by Gasteiger charge is 2.30. The van der Waals surface area contributed by atoms with Crippen molar-refractivity contribution in [2.24, 2.45) is 0 Å². The summed E-state index contributed by atoms with van der Waals surface area (Å²) in [7, 11) is 0. The van der Waals surface area contributed by atoms with Gasteiger partial charge in [-0.2, -0.15) is 0 Å². The fraction of sp³-hybridized carbons (Fsp3) is 0.632. The Morgan fingerprint density at radius 1 is 1.05 bits per heavy atom. The van der Waals surface area contributed by atoms with E-state index in [1.807, 2.05) is 6.07 Å². The third-order valence-corrected chi connectivity index (χ3v) is 5.06. The lowest BCUT2D eigenvalue weighted by atomic mass is 10.1. The van der Waals surface area contributed by atoms with Crippen LogP contribution >= 0.6 is 0 Å². The van der Waals surface area contributed by atoms with Crippen LogP contribution in [0.3, 0.4) is 0 Å². The van der Waals surface area contributed by atoms with Gasteiger partial charge in [0.2, 0.25) is 5.91 Å². The van der Waals surface area contributed by atoms with Gasteiger partial charge in [0.05, 0.1) is 0 Å². The highest BCUT2D eigenvalue weighted by atomic mass is 16.2. The maximum atomic E-state index is 12.5. The molecule has 120 valence electrons. The maximum absolute atomic E-state index is 12.5. The molecular weight excluding hydrogens is 272 g/mol. The first kappa shape index (κ1) is 15.5. The predicted octanol–water partition coefficient (Wildman–Crippen LogP) is 3.10. The van der Waals surface area contributed by atoms with Gasteiger partial charge in [0.15, 0.2) is 0 Å². The summed E-state index contributed by atoms with van der Waals surface area (Å²) in [5.74, 6) is 0.373. The lowest BCUT2D eigenvalue weighted by Crippen LogP contribution is -2.42. The molecule has 0 aliphatic carbocycles. The van der Waals surface area contributed by atoms with Crippen LogP contribution in [0.5, 0.6) is 0 Å². The van der Waals surface area contributed by atoms with Gasteiger partial charge in [-0.1, -0.05) is 30.3 Å². The van der Waals surface area contributed by atoms with Crippen LogP contribution < -0.4 is 0 Å². The van der Waals surface area contributed by atoms with E-state index in [1.54, 1.807) is 0 Å². The number of carbonyl (C=O) groups excluding carboxylic acids is 1. The standard InChI is InChI=1S/C19H28N2O/c22-19(12-6-10-17-8-2-1-3-9-17)21-15-7-11-18(21)16-20-13-4-5-14-20/h1-3,8-9,18H,4-7,10-16H2/t18-/m1/s1. The summed E-state index contributed by atoms with van der Waals surface area (Å²) >= 11 is 0. The molecule has 3 heteroatoms. The van der Waals surface area contributed by atoms with Crippen LogP contribution in [-0.2, 0) is 11.2 Å². The first-order chi connectivity index (χ1) is 10.8. The van der Waals surface area contributed by atoms with Crippen LogP contribution in [0.4, 0.5) is 0 Å². The summed E-state index contributed by atoms with van der Waals surface area (Å²) in [5, 5.41) is 0. The quantitative estimate of drug-likeness (QED) is 0.806. The van der Waals surface area contributed by atoms with Crippen LogP contribution in [0.1, 0.15) is 44.1 Å². The fourth-order valence-corrected chi connectivity index (χ4v) is 3.85. The predicted molar refractivity (Wildman–Crippen MR) is 89.8 cm³/mol. The van der Waals surface area contributed by atoms with Crippen LogP contribution in [0.15, 0.2) is 30.3 Å². The van der Waals surface area contributed by atoms with Crippen LogP contribution in [0, 0.1) is 0 Å². The van der Waals surface area contributed by atoms with E-state index in [1.165, 1.54) is 44.3 Å². The zero-order valence-corrected chi connectivity index (χ0v) is 13.5. The number of aryl methyl sites for hydroxylation is 1. The average molecular weight is 300 g/mol. The van der Waals surface area contributed by atoms with Crippen molar-refractivity contribution in [2.75, 3.05) is 26.2 Å². The first-order valence-corrected chi connectivity index (χ1v) is 8.89. The second-order valence-corrected chi connectivity index (χ2v) is 6.73. The monoisotopic (exact) mass is 300 g/mol. The second-order valence-electron chi connectivity index (χ2n) is 6.73. The highest BCUT2D eigenvalue weighted by Crippen LogP contribution is 2.21. The lowest BCUT2D eigenvalue weighted by molar-refractivity contribution is -0.132. The minimum Gasteiger partial charge on any atom is -0.338 e. The Labute approximate surface area is 134 Å². The van der Waals surface area contributed by atoms with E-state index in [0.29, 0.717) is 18.4 Å².